The highest BCUT2D eigenvalue weighted by atomic mass is 32.1. The number of amides is 2. The van der Waals surface area contributed by atoms with E-state index >= 15 is 0 Å². The molecule has 0 fully saturated rings. The Bertz CT molecular complexity index is 351. The molecule has 23 heavy (non-hydrogen) atoms. The van der Waals surface area contributed by atoms with Gasteiger partial charge in [0.25, 0.3) is 0 Å². The van der Waals surface area contributed by atoms with E-state index < -0.39 is 5.60 Å². The minimum Gasteiger partial charge on any atom is -0.374 e. The van der Waals surface area contributed by atoms with Crippen LogP contribution in [-0.2, 0) is 19.1 Å². The number of hydrogen-bond acceptors (Lipinski definition) is 5. The Hall–Kier alpha value is -0.790. The van der Waals surface area contributed by atoms with Gasteiger partial charge in [-0.2, -0.15) is 12.6 Å². The van der Waals surface area contributed by atoms with Gasteiger partial charge in [0, 0.05) is 19.5 Å². The number of hydrogen-bond donors (Lipinski definition) is 3. The zero-order chi connectivity index (χ0) is 17.7. The summed E-state index contributed by atoms with van der Waals surface area (Å²) in [6, 6.07) is 0. The van der Waals surface area contributed by atoms with Crippen molar-refractivity contribution in [3.63, 3.8) is 0 Å². The lowest BCUT2D eigenvalue weighted by molar-refractivity contribution is -0.126. The number of unbranched alkanes of at least 4 members (excludes halogenated alkanes) is 1. The van der Waals surface area contributed by atoms with Crippen LogP contribution in [0.4, 0.5) is 0 Å². The Morgan fingerprint density at radius 2 is 1.91 bits per heavy atom. The Morgan fingerprint density at radius 1 is 1.22 bits per heavy atom. The van der Waals surface area contributed by atoms with Gasteiger partial charge in [-0.3, -0.25) is 9.59 Å². The molecule has 0 aromatic heterocycles. The Labute approximate surface area is 145 Å². The number of thiol groups is 1. The van der Waals surface area contributed by atoms with Gasteiger partial charge in [0.15, 0.2) is 0 Å². The van der Waals surface area contributed by atoms with E-state index in [9.17, 15) is 9.59 Å². The van der Waals surface area contributed by atoms with E-state index in [0.29, 0.717) is 26.2 Å². The van der Waals surface area contributed by atoms with Gasteiger partial charge < -0.3 is 20.1 Å². The SMILES string of the molecule is CCCCNC(=O)CCOC(C)(C)COC(C)CNC(=O)CS. The quantitative estimate of drug-likeness (QED) is 0.349. The number of rotatable bonds is 13. The number of nitrogens with one attached hydrogen (secondary N) is 2. The molecule has 2 amide bonds. The number of ether oxygens (including phenoxy) is 2. The second kappa shape index (κ2) is 12.6. The van der Waals surface area contributed by atoms with Crippen LogP contribution in [0.1, 0.15) is 47.0 Å². The number of carbonyl (C=O) groups is 2. The monoisotopic (exact) mass is 348 g/mol. The molecular formula is C16H32N2O4S. The third kappa shape index (κ3) is 13.4. The molecule has 136 valence electrons. The van der Waals surface area contributed by atoms with Gasteiger partial charge >= 0.3 is 0 Å². The zero-order valence-electron chi connectivity index (χ0n) is 14.8. The van der Waals surface area contributed by atoms with E-state index in [1.165, 1.54) is 0 Å². The topological polar surface area (TPSA) is 76.7 Å². The minimum absolute atomic E-state index is 0.0120. The fourth-order valence-electron chi connectivity index (χ4n) is 1.67. The molecule has 7 heteroatoms. The highest BCUT2D eigenvalue weighted by Crippen LogP contribution is 2.11. The van der Waals surface area contributed by atoms with Crippen LogP contribution in [0, 0.1) is 0 Å². The summed E-state index contributed by atoms with van der Waals surface area (Å²) in [4.78, 5) is 22.7. The smallest absolute Gasteiger partial charge is 0.229 e. The van der Waals surface area contributed by atoms with E-state index in [-0.39, 0.29) is 23.7 Å². The third-order valence-corrected chi connectivity index (χ3v) is 3.41. The molecule has 1 atom stereocenters. The van der Waals surface area contributed by atoms with Crippen LogP contribution in [0.25, 0.3) is 0 Å². The fraction of sp³-hybridized carbons (Fsp3) is 0.875. The van der Waals surface area contributed by atoms with E-state index in [4.69, 9.17) is 9.47 Å². The lowest BCUT2D eigenvalue weighted by Crippen LogP contribution is -2.38. The molecule has 0 rings (SSSR count). The van der Waals surface area contributed by atoms with Crippen LogP contribution in [0.2, 0.25) is 0 Å². The van der Waals surface area contributed by atoms with E-state index in [1.54, 1.807) is 0 Å². The predicted molar refractivity (Wildman–Crippen MR) is 94.8 cm³/mol. The van der Waals surface area contributed by atoms with Gasteiger partial charge in [0.1, 0.15) is 0 Å². The van der Waals surface area contributed by atoms with Crippen molar-refractivity contribution in [3.8, 4) is 0 Å². The molecule has 0 heterocycles. The van der Waals surface area contributed by atoms with Crippen molar-refractivity contribution in [2.45, 2.75) is 58.7 Å². The van der Waals surface area contributed by atoms with Gasteiger partial charge in [-0.25, -0.2) is 0 Å². The lowest BCUT2D eigenvalue weighted by atomic mass is 10.1. The Morgan fingerprint density at radius 3 is 2.52 bits per heavy atom. The van der Waals surface area contributed by atoms with Crippen molar-refractivity contribution in [1.82, 2.24) is 10.6 Å². The molecule has 0 aliphatic rings. The summed E-state index contributed by atoms with van der Waals surface area (Å²) in [5.41, 5.74) is -0.481. The first-order valence-electron chi connectivity index (χ1n) is 8.20. The maximum Gasteiger partial charge on any atom is 0.229 e. The second-order valence-electron chi connectivity index (χ2n) is 6.15. The van der Waals surface area contributed by atoms with E-state index in [2.05, 4.69) is 30.2 Å². The fourth-order valence-corrected chi connectivity index (χ4v) is 1.78. The summed E-state index contributed by atoms with van der Waals surface area (Å²) in [7, 11) is 0. The van der Waals surface area contributed by atoms with Crippen LogP contribution < -0.4 is 10.6 Å². The molecule has 0 aromatic rings. The van der Waals surface area contributed by atoms with Crippen LogP contribution in [-0.4, -0.2) is 55.6 Å². The highest BCUT2D eigenvalue weighted by Gasteiger charge is 2.20. The molecule has 2 N–H and O–H groups in total. The maximum atomic E-state index is 11.6. The molecule has 0 aromatic carbocycles. The molecular weight excluding hydrogens is 316 g/mol. The zero-order valence-corrected chi connectivity index (χ0v) is 15.7. The van der Waals surface area contributed by atoms with Crippen LogP contribution in [0.15, 0.2) is 0 Å². The second-order valence-corrected chi connectivity index (χ2v) is 6.46. The van der Waals surface area contributed by atoms with Crippen molar-refractivity contribution in [1.29, 1.82) is 0 Å². The highest BCUT2D eigenvalue weighted by molar-refractivity contribution is 7.81. The third-order valence-electron chi connectivity index (χ3n) is 3.12. The van der Waals surface area contributed by atoms with Crippen molar-refractivity contribution < 1.29 is 19.1 Å². The lowest BCUT2D eigenvalue weighted by Gasteiger charge is -2.27. The van der Waals surface area contributed by atoms with Crippen molar-refractivity contribution in [3.05, 3.63) is 0 Å². The molecule has 0 aliphatic heterocycles. The summed E-state index contributed by atoms with van der Waals surface area (Å²) in [6.45, 7) is 9.72. The first kappa shape index (κ1) is 22.2. The van der Waals surface area contributed by atoms with Gasteiger partial charge in [0.05, 0.1) is 30.7 Å². The Balaban J connectivity index is 3.82. The van der Waals surface area contributed by atoms with Gasteiger partial charge in [-0.15, -0.1) is 0 Å². The maximum absolute atomic E-state index is 11.6. The van der Waals surface area contributed by atoms with Gasteiger partial charge in [0.2, 0.25) is 11.8 Å². The van der Waals surface area contributed by atoms with Crippen LogP contribution >= 0.6 is 12.6 Å². The van der Waals surface area contributed by atoms with Crippen LogP contribution in [0.3, 0.4) is 0 Å². The van der Waals surface area contributed by atoms with E-state index in [0.717, 1.165) is 19.4 Å². The molecule has 0 bridgehead atoms. The van der Waals surface area contributed by atoms with Gasteiger partial charge in [-0.1, -0.05) is 13.3 Å². The molecule has 0 radical (unpaired) electrons. The summed E-state index contributed by atoms with van der Waals surface area (Å²) in [6.07, 6.45) is 2.29. The molecule has 0 spiro atoms. The average Bonchev–Trinajstić information content (AvgIpc) is 2.50. The predicted octanol–water partition coefficient (Wildman–Crippen LogP) is 1.54. The van der Waals surface area contributed by atoms with Crippen molar-refractivity contribution >= 4 is 24.4 Å². The molecule has 1 unspecified atom stereocenters. The van der Waals surface area contributed by atoms with Crippen molar-refractivity contribution in [2.24, 2.45) is 0 Å². The first-order chi connectivity index (χ1) is 10.8. The molecule has 0 saturated heterocycles. The molecule has 0 saturated carbocycles. The summed E-state index contributed by atoms with van der Waals surface area (Å²) >= 11 is 3.89. The molecule has 6 nitrogen and oxygen atoms in total. The van der Waals surface area contributed by atoms with Gasteiger partial charge in [-0.05, 0) is 27.2 Å². The summed E-state index contributed by atoms with van der Waals surface area (Å²) in [5.74, 6) is 0.0631. The summed E-state index contributed by atoms with van der Waals surface area (Å²) < 4.78 is 11.4. The standard InChI is InChI=1S/C16H32N2O4S/c1-5-6-8-17-14(19)7-9-22-16(3,4)12-21-13(2)10-18-15(20)11-23/h13,23H,5-12H2,1-4H3,(H,17,19)(H,18,20). The minimum atomic E-state index is -0.481. The van der Waals surface area contributed by atoms with Crippen LogP contribution in [0.5, 0.6) is 0 Å². The summed E-state index contributed by atoms with van der Waals surface area (Å²) in [5, 5.41) is 5.57. The molecule has 0 aliphatic carbocycles. The average molecular weight is 349 g/mol. The number of carbonyl (C=O) groups excluding carboxylic acids is 2. The van der Waals surface area contributed by atoms with E-state index in [1.807, 2.05) is 20.8 Å². The normalized spacial score (nSPS) is 12.7. The largest absolute Gasteiger partial charge is 0.374 e. The van der Waals surface area contributed by atoms with Crippen molar-refractivity contribution in [2.75, 3.05) is 32.1 Å². The Kier molecular flexibility index (Phi) is 12.2. The first-order valence-corrected chi connectivity index (χ1v) is 8.83.